The minimum absolute atomic E-state index is 0.238. The second-order valence-electron chi connectivity index (χ2n) is 7.71. The molecule has 0 saturated carbocycles. The Morgan fingerprint density at radius 2 is 1.83 bits per heavy atom. The summed E-state index contributed by atoms with van der Waals surface area (Å²) in [7, 11) is 3.85. The third-order valence-electron chi connectivity index (χ3n) is 5.50. The molecule has 2 N–H and O–H groups in total. The van der Waals surface area contributed by atoms with Crippen LogP contribution in [0.5, 0.6) is 0 Å². The Hall–Kier alpha value is -3.18. The molecule has 2 aromatic carbocycles. The maximum absolute atomic E-state index is 10.5. The molecule has 5 nitrogen and oxygen atoms in total. The van der Waals surface area contributed by atoms with Crippen molar-refractivity contribution in [2.45, 2.75) is 26.8 Å². The van der Waals surface area contributed by atoms with Crippen LogP contribution in [-0.2, 0) is 13.0 Å². The van der Waals surface area contributed by atoms with Gasteiger partial charge in [0.2, 0.25) is 0 Å². The number of benzene rings is 2. The van der Waals surface area contributed by atoms with Gasteiger partial charge in [-0.2, -0.15) is 0 Å². The van der Waals surface area contributed by atoms with E-state index < -0.39 is 5.97 Å². The Kier molecular flexibility index (Phi) is 6.85. The van der Waals surface area contributed by atoms with E-state index in [0.717, 1.165) is 6.54 Å². The van der Waals surface area contributed by atoms with Crippen LogP contribution >= 0.6 is 0 Å². The number of carboxylic acid groups (broad SMARTS) is 1. The largest absolute Gasteiger partial charge is 0.478 e. The van der Waals surface area contributed by atoms with Gasteiger partial charge in [0, 0.05) is 26.3 Å². The Morgan fingerprint density at radius 3 is 2.47 bits per heavy atom. The number of aromatic nitrogens is 1. The predicted octanol–water partition coefficient (Wildman–Crippen LogP) is 4.78. The van der Waals surface area contributed by atoms with E-state index in [2.05, 4.69) is 72.5 Å². The molecule has 156 valence electrons. The van der Waals surface area contributed by atoms with Gasteiger partial charge in [-0.15, -0.1) is 0 Å². The molecule has 0 amide bonds. The molecular weight excluding hydrogens is 374 g/mol. The number of rotatable bonds is 3. The Balaban J connectivity index is 0.000000199. The maximum atomic E-state index is 10.5. The molecule has 1 aromatic heterocycles. The number of anilines is 1. The van der Waals surface area contributed by atoms with E-state index in [1.165, 1.54) is 64.8 Å². The van der Waals surface area contributed by atoms with Crippen molar-refractivity contribution < 1.29 is 9.90 Å². The van der Waals surface area contributed by atoms with E-state index in [9.17, 15) is 4.79 Å². The number of aryl methyl sites for hydroxylation is 2. The van der Waals surface area contributed by atoms with Crippen molar-refractivity contribution in [2.75, 3.05) is 26.0 Å². The van der Waals surface area contributed by atoms with E-state index in [1.807, 2.05) is 0 Å². The highest BCUT2D eigenvalue weighted by Crippen LogP contribution is 2.30. The molecular formula is C25H29N3O2. The van der Waals surface area contributed by atoms with Gasteiger partial charge in [-0.1, -0.05) is 36.4 Å². The van der Waals surface area contributed by atoms with Crippen molar-refractivity contribution in [1.29, 1.82) is 0 Å². The van der Waals surface area contributed by atoms with Crippen LogP contribution < -0.4 is 5.32 Å². The number of nitrogens with zero attached hydrogens (tertiary/aromatic N) is 2. The van der Waals surface area contributed by atoms with Gasteiger partial charge < -0.3 is 15.3 Å². The molecule has 2 heterocycles. The average Bonchev–Trinajstić information content (AvgIpc) is 2.74. The Labute approximate surface area is 178 Å². The summed E-state index contributed by atoms with van der Waals surface area (Å²) in [5.74, 6) is -0.947. The summed E-state index contributed by atoms with van der Waals surface area (Å²) >= 11 is 0. The zero-order valence-corrected chi connectivity index (χ0v) is 18.1. The minimum Gasteiger partial charge on any atom is -0.478 e. The zero-order chi connectivity index (χ0) is 21.7. The number of hydrogen-bond acceptors (Lipinski definition) is 4. The van der Waals surface area contributed by atoms with E-state index in [-0.39, 0.29) is 5.56 Å². The number of carboxylic acids is 1. The molecule has 4 rings (SSSR count). The average molecular weight is 404 g/mol. The molecule has 1 aliphatic rings. The Morgan fingerprint density at radius 1 is 1.10 bits per heavy atom. The molecule has 3 aromatic rings. The summed E-state index contributed by atoms with van der Waals surface area (Å²) in [6, 6.07) is 15.0. The molecule has 0 aliphatic carbocycles. The number of likely N-dealkylation sites (N-methyl/N-ethyl adjacent to an activating group) is 1. The SMILES string of the molecule is CNc1cnccc1C(=O)O.Cc1cccc(C)c1-c1ccc2c(c1)CCN(C)C2. The number of pyridine rings is 1. The molecule has 5 heteroatoms. The van der Waals surface area contributed by atoms with Crippen LogP contribution in [-0.4, -0.2) is 41.6 Å². The first-order chi connectivity index (χ1) is 14.4. The van der Waals surface area contributed by atoms with E-state index in [0.29, 0.717) is 5.69 Å². The van der Waals surface area contributed by atoms with Crippen LogP contribution in [0.1, 0.15) is 32.6 Å². The molecule has 30 heavy (non-hydrogen) atoms. The van der Waals surface area contributed by atoms with Gasteiger partial charge in [0.15, 0.2) is 0 Å². The van der Waals surface area contributed by atoms with E-state index >= 15 is 0 Å². The van der Waals surface area contributed by atoms with Gasteiger partial charge in [0.1, 0.15) is 0 Å². The minimum atomic E-state index is -0.947. The topological polar surface area (TPSA) is 65.5 Å². The first-order valence-electron chi connectivity index (χ1n) is 10.1. The lowest BCUT2D eigenvalue weighted by molar-refractivity contribution is 0.0698. The molecule has 0 unspecified atom stereocenters. The number of hydrogen-bond donors (Lipinski definition) is 2. The van der Waals surface area contributed by atoms with Crippen LogP contribution in [0.15, 0.2) is 54.9 Å². The summed E-state index contributed by atoms with van der Waals surface area (Å²) in [6.45, 7) is 6.66. The lowest BCUT2D eigenvalue weighted by atomic mass is 9.91. The Bertz CT molecular complexity index is 1030. The van der Waals surface area contributed by atoms with Crippen LogP contribution in [0.3, 0.4) is 0 Å². The summed E-state index contributed by atoms with van der Waals surface area (Å²) in [5.41, 5.74) is 9.30. The highest BCUT2D eigenvalue weighted by molar-refractivity contribution is 5.93. The van der Waals surface area contributed by atoms with Gasteiger partial charge in [-0.25, -0.2) is 4.79 Å². The highest BCUT2D eigenvalue weighted by Gasteiger charge is 2.14. The monoisotopic (exact) mass is 403 g/mol. The van der Waals surface area contributed by atoms with Crippen LogP contribution in [0, 0.1) is 13.8 Å². The molecule has 0 spiro atoms. The smallest absolute Gasteiger partial charge is 0.337 e. The molecule has 0 bridgehead atoms. The van der Waals surface area contributed by atoms with Crippen molar-refractivity contribution in [2.24, 2.45) is 0 Å². The summed E-state index contributed by atoms with van der Waals surface area (Å²) in [4.78, 5) is 16.7. The predicted molar refractivity (Wildman–Crippen MR) is 122 cm³/mol. The van der Waals surface area contributed by atoms with Gasteiger partial charge in [-0.05, 0) is 66.8 Å². The fourth-order valence-corrected chi connectivity index (χ4v) is 3.90. The maximum Gasteiger partial charge on any atom is 0.337 e. The lowest BCUT2D eigenvalue weighted by Crippen LogP contribution is -2.26. The summed E-state index contributed by atoms with van der Waals surface area (Å²) < 4.78 is 0. The van der Waals surface area contributed by atoms with E-state index in [4.69, 9.17) is 5.11 Å². The lowest BCUT2D eigenvalue weighted by Gasteiger charge is -2.25. The molecule has 1 aliphatic heterocycles. The molecule has 0 fully saturated rings. The molecule has 0 saturated heterocycles. The van der Waals surface area contributed by atoms with Crippen molar-refractivity contribution in [3.8, 4) is 11.1 Å². The molecule has 0 radical (unpaired) electrons. The summed E-state index contributed by atoms with van der Waals surface area (Å²) in [6.07, 6.45) is 4.10. The van der Waals surface area contributed by atoms with Crippen LogP contribution in [0.25, 0.3) is 11.1 Å². The highest BCUT2D eigenvalue weighted by atomic mass is 16.4. The van der Waals surface area contributed by atoms with Crippen LogP contribution in [0.4, 0.5) is 5.69 Å². The first-order valence-corrected chi connectivity index (χ1v) is 10.1. The van der Waals surface area contributed by atoms with Crippen molar-refractivity contribution in [3.63, 3.8) is 0 Å². The summed E-state index contributed by atoms with van der Waals surface area (Å²) in [5, 5.41) is 11.4. The van der Waals surface area contributed by atoms with Crippen molar-refractivity contribution >= 4 is 11.7 Å². The second kappa shape index (κ2) is 9.55. The van der Waals surface area contributed by atoms with Gasteiger partial charge in [0.25, 0.3) is 0 Å². The van der Waals surface area contributed by atoms with Crippen molar-refractivity contribution in [3.05, 3.63) is 82.7 Å². The van der Waals surface area contributed by atoms with Gasteiger partial charge in [-0.3, -0.25) is 4.98 Å². The van der Waals surface area contributed by atoms with Gasteiger partial charge >= 0.3 is 5.97 Å². The standard InChI is InChI=1S/C18H21N.C7H8N2O2/c1-13-5-4-6-14(2)18(13)16-7-8-17-12-19(3)10-9-15(17)11-16;1-8-6-4-9-3-2-5(6)7(10)11/h4-8,11H,9-10,12H2,1-3H3;2-4,8H,1H3,(H,10,11). The number of fused-ring (bicyclic) bond motifs is 1. The third kappa shape index (κ3) is 4.86. The number of nitrogens with one attached hydrogen (secondary N) is 1. The third-order valence-corrected chi connectivity index (χ3v) is 5.50. The van der Waals surface area contributed by atoms with Gasteiger partial charge in [0.05, 0.1) is 17.4 Å². The zero-order valence-electron chi connectivity index (χ0n) is 18.1. The second-order valence-corrected chi connectivity index (χ2v) is 7.71. The number of aromatic carboxylic acids is 1. The molecule has 0 atom stereocenters. The normalized spacial score (nSPS) is 13.1. The van der Waals surface area contributed by atoms with Crippen molar-refractivity contribution in [1.82, 2.24) is 9.88 Å². The fourth-order valence-electron chi connectivity index (χ4n) is 3.90. The quantitative estimate of drug-likeness (QED) is 0.659. The van der Waals surface area contributed by atoms with Crippen LogP contribution in [0.2, 0.25) is 0 Å². The first kappa shape index (κ1) is 21.5. The fraction of sp³-hybridized carbons (Fsp3) is 0.280. The van der Waals surface area contributed by atoms with E-state index in [1.54, 1.807) is 7.05 Å². The number of carbonyl (C=O) groups is 1.